The van der Waals surface area contributed by atoms with E-state index < -0.39 is 7.12 Å². The van der Waals surface area contributed by atoms with Crippen molar-refractivity contribution in [1.82, 2.24) is 5.32 Å². The molecule has 0 aliphatic carbocycles. The summed E-state index contributed by atoms with van der Waals surface area (Å²) in [7, 11) is -1.46. The first-order chi connectivity index (χ1) is 9.13. The average molecular weight is 258 g/mol. The van der Waals surface area contributed by atoms with Crippen LogP contribution in [0.4, 0.5) is 5.69 Å². The highest BCUT2D eigenvalue weighted by atomic mass is 16.4. The van der Waals surface area contributed by atoms with Gasteiger partial charge in [-0.05, 0) is 29.6 Å². The fourth-order valence-corrected chi connectivity index (χ4v) is 2.50. The zero-order valence-electron chi connectivity index (χ0n) is 11.2. The molecule has 0 spiro atoms. The highest BCUT2D eigenvalue weighted by Gasteiger charge is 2.21. The number of nitrogens with zero attached hydrogens (tertiary/aromatic N) is 1. The monoisotopic (exact) mass is 258 g/mol. The number of hydrogen-bond acceptors (Lipinski definition) is 4. The van der Waals surface area contributed by atoms with Gasteiger partial charge in [-0.3, -0.25) is 0 Å². The zero-order chi connectivity index (χ0) is 13.8. The molecule has 4 nitrogen and oxygen atoms in total. The molecular formula is C14H19BN2O2. The van der Waals surface area contributed by atoms with Crippen molar-refractivity contribution in [2.24, 2.45) is 0 Å². The van der Waals surface area contributed by atoms with Crippen molar-refractivity contribution in [1.29, 1.82) is 0 Å². The van der Waals surface area contributed by atoms with Gasteiger partial charge in [-0.1, -0.05) is 6.07 Å². The number of anilines is 1. The van der Waals surface area contributed by atoms with Crippen LogP contribution in [0.15, 0.2) is 12.1 Å². The van der Waals surface area contributed by atoms with Gasteiger partial charge in [-0.2, -0.15) is 0 Å². The Labute approximate surface area is 114 Å². The Balaban J connectivity index is 2.42. The minimum atomic E-state index is -1.46. The zero-order valence-corrected chi connectivity index (χ0v) is 11.2. The van der Waals surface area contributed by atoms with Crippen molar-refractivity contribution in [2.75, 3.05) is 31.1 Å². The highest BCUT2D eigenvalue weighted by molar-refractivity contribution is 6.59. The van der Waals surface area contributed by atoms with Crippen LogP contribution in [0.25, 0.3) is 0 Å². The van der Waals surface area contributed by atoms with Crippen LogP contribution in [0.5, 0.6) is 0 Å². The van der Waals surface area contributed by atoms with E-state index in [0.29, 0.717) is 11.9 Å². The van der Waals surface area contributed by atoms with Crippen molar-refractivity contribution in [3.05, 3.63) is 23.3 Å². The fraction of sp³-hybridized carbons (Fsp3) is 0.429. The maximum Gasteiger partial charge on any atom is 0.488 e. The lowest BCUT2D eigenvalue weighted by Crippen LogP contribution is -2.45. The Kier molecular flexibility index (Phi) is 4.49. The molecule has 0 unspecified atom stereocenters. The molecule has 1 saturated heterocycles. The number of nitrogens with one attached hydrogen (secondary N) is 1. The minimum Gasteiger partial charge on any atom is -0.423 e. The molecule has 100 valence electrons. The molecule has 0 bridgehead atoms. The van der Waals surface area contributed by atoms with E-state index in [1.165, 1.54) is 0 Å². The topological polar surface area (TPSA) is 55.7 Å². The largest absolute Gasteiger partial charge is 0.488 e. The normalized spacial score (nSPS) is 15.2. The number of rotatable bonds is 3. The third-order valence-electron chi connectivity index (χ3n) is 3.52. The Morgan fingerprint density at radius 3 is 2.63 bits per heavy atom. The van der Waals surface area contributed by atoms with E-state index in [1.54, 1.807) is 6.07 Å². The quantitative estimate of drug-likeness (QED) is 0.494. The molecule has 0 radical (unpaired) electrons. The highest BCUT2D eigenvalue weighted by Crippen LogP contribution is 2.21. The van der Waals surface area contributed by atoms with Crippen molar-refractivity contribution < 1.29 is 10.0 Å². The van der Waals surface area contributed by atoms with Gasteiger partial charge in [0.1, 0.15) is 0 Å². The number of benzene rings is 1. The Hall–Kier alpha value is -1.48. The predicted octanol–water partition coefficient (Wildman–Crippen LogP) is -0.740. The van der Waals surface area contributed by atoms with Gasteiger partial charge >= 0.3 is 7.12 Å². The first kappa shape index (κ1) is 13.9. The van der Waals surface area contributed by atoms with Crippen LogP contribution >= 0.6 is 0 Å². The first-order valence-electron chi connectivity index (χ1n) is 6.52. The Morgan fingerprint density at radius 2 is 2.05 bits per heavy atom. The molecule has 3 N–H and O–H groups in total. The molecule has 19 heavy (non-hydrogen) atoms. The van der Waals surface area contributed by atoms with E-state index in [9.17, 15) is 10.0 Å². The molecule has 0 atom stereocenters. The van der Waals surface area contributed by atoms with E-state index in [2.05, 4.69) is 22.2 Å². The molecule has 0 amide bonds. The van der Waals surface area contributed by atoms with Gasteiger partial charge in [-0.15, -0.1) is 12.3 Å². The van der Waals surface area contributed by atoms with Crippen LogP contribution in [0.2, 0.25) is 0 Å². The van der Waals surface area contributed by atoms with Crippen molar-refractivity contribution >= 4 is 18.3 Å². The number of hydrogen-bond donors (Lipinski definition) is 3. The summed E-state index contributed by atoms with van der Waals surface area (Å²) in [5, 5.41) is 22.3. The van der Waals surface area contributed by atoms with E-state index in [0.717, 1.165) is 43.0 Å². The summed E-state index contributed by atoms with van der Waals surface area (Å²) in [6, 6.07) is 3.85. The van der Waals surface area contributed by atoms with E-state index in [4.69, 9.17) is 6.42 Å². The standard InChI is InChI=1S/C14H19BN2O2/c1-3-4-12-9-13(15(18)19)11(2)14(10-12)17-7-5-16-6-8-17/h1,9-10,16,18-19H,4-8H2,2H3. The van der Waals surface area contributed by atoms with Gasteiger partial charge in [0.25, 0.3) is 0 Å². The van der Waals surface area contributed by atoms with Gasteiger partial charge < -0.3 is 20.3 Å². The van der Waals surface area contributed by atoms with Gasteiger partial charge in [0.05, 0.1) is 0 Å². The van der Waals surface area contributed by atoms with E-state index in [1.807, 2.05) is 6.92 Å². The van der Waals surface area contributed by atoms with Gasteiger partial charge in [-0.25, -0.2) is 0 Å². The lowest BCUT2D eigenvalue weighted by atomic mass is 9.75. The van der Waals surface area contributed by atoms with E-state index in [-0.39, 0.29) is 0 Å². The summed E-state index contributed by atoms with van der Waals surface area (Å²) in [6.45, 7) is 5.64. The fourth-order valence-electron chi connectivity index (χ4n) is 2.50. The predicted molar refractivity (Wildman–Crippen MR) is 78.6 cm³/mol. The van der Waals surface area contributed by atoms with Crippen LogP contribution in [0.1, 0.15) is 11.1 Å². The molecule has 1 aliphatic rings. The smallest absolute Gasteiger partial charge is 0.423 e. The van der Waals surface area contributed by atoms with Crippen LogP contribution in [0.3, 0.4) is 0 Å². The molecule has 1 aromatic rings. The van der Waals surface area contributed by atoms with Crippen LogP contribution in [0, 0.1) is 19.3 Å². The maximum absolute atomic E-state index is 9.49. The third-order valence-corrected chi connectivity index (χ3v) is 3.52. The molecular weight excluding hydrogens is 239 g/mol. The molecule has 0 saturated carbocycles. The number of piperazine rings is 1. The number of terminal acetylenes is 1. The summed E-state index contributed by atoms with van der Waals surface area (Å²) in [5.74, 6) is 2.61. The second-order valence-corrected chi connectivity index (χ2v) is 4.82. The molecule has 2 rings (SSSR count). The molecule has 1 aliphatic heterocycles. The van der Waals surface area contributed by atoms with Crippen LogP contribution in [-0.4, -0.2) is 43.3 Å². The van der Waals surface area contributed by atoms with Crippen LogP contribution in [-0.2, 0) is 6.42 Å². The summed E-state index contributed by atoms with van der Waals surface area (Å²) in [4.78, 5) is 2.26. The average Bonchev–Trinajstić information content (AvgIpc) is 2.41. The lowest BCUT2D eigenvalue weighted by Gasteiger charge is -2.32. The second-order valence-electron chi connectivity index (χ2n) is 4.82. The van der Waals surface area contributed by atoms with Crippen molar-refractivity contribution in [2.45, 2.75) is 13.3 Å². The van der Waals surface area contributed by atoms with Crippen molar-refractivity contribution in [3.8, 4) is 12.3 Å². The maximum atomic E-state index is 9.49. The Bertz CT molecular complexity index is 491. The molecule has 1 fully saturated rings. The van der Waals surface area contributed by atoms with Gasteiger partial charge in [0.15, 0.2) is 0 Å². The van der Waals surface area contributed by atoms with Gasteiger partial charge in [0, 0.05) is 38.3 Å². The summed E-state index contributed by atoms with van der Waals surface area (Å²) in [6.07, 6.45) is 5.85. The summed E-state index contributed by atoms with van der Waals surface area (Å²) >= 11 is 0. The van der Waals surface area contributed by atoms with Gasteiger partial charge in [0.2, 0.25) is 0 Å². The molecule has 1 heterocycles. The second kappa shape index (κ2) is 6.11. The molecule has 5 heteroatoms. The first-order valence-corrected chi connectivity index (χ1v) is 6.52. The molecule has 1 aromatic carbocycles. The molecule has 0 aromatic heterocycles. The minimum absolute atomic E-state index is 0.499. The lowest BCUT2D eigenvalue weighted by molar-refractivity contribution is 0.425. The Morgan fingerprint density at radius 1 is 1.37 bits per heavy atom. The van der Waals surface area contributed by atoms with Crippen molar-refractivity contribution in [3.63, 3.8) is 0 Å². The van der Waals surface area contributed by atoms with Crippen LogP contribution < -0.4 is 15.7 Å². The van der Waals surface area contributed by atoms with E-state index >= 15 is 0 Å². The summed E-state index contributed by atoms with van der Waals surface area (Å²) in [5.41, 5.74) is 3.46. The third kappa shape index (κ3) is 3.10. The SMILES string of the molecule is C#CCc1cc(B(O)O)c(C)c(N2CCNCC2)c1. The summed E-state index contributed by atoms with van der Waals surface area (Å²) < 4.78 is 0.